The molecule has 6 heteroatoms. The van der Waals surface area contributed by atoms with Crippen LogP contribution in [0, 0.1) is 21.4 Å². The minimum Gasteiger partial charge on any atom is -0.468 e. The quantitative estimate of drug-likeness (QED) is 0.656. The molecule has 0 radical (unpaired) electrons. The summed E-state index contributed by atoms with van der Waals surface area (Å²) in [4.78, 5) is 10.4. The predicted octanol–water partition coefficient (Wildman–Crippen LogP) is 2.54. The fraction of sp³-hybridized carbons (Fsp3) is 0.154. The van der Waals surface area contributed by atoms with Crippen LogP contribution in [-0.4, -0.2) is 4.92 Å². The largest absolute Gasteiger partial charge is 0.468 e. The number of nitriles is 1. The van der Waals surface area contributed by atoms with Gasteiger partial charge in [-0.15, -0.1) is 0 Å². The molecule has 2 aromatic rings. The molecule has 0 aliphatic heterocycles. The first kappa shape index (κ1) is 12.8. The van der Waals surface area contributed by atoms with Gasteiger partial charge in [0, 0.05) is 6.07 Å². The van der Waals surface area contributed by atoms with Crippen molar-refractivity contribution in [2.45, 2.75) is 12.6 Å². The number of nitrogens with one attached hydrogen (secondary N) is 1. The summed E-state index contributed by atoms with van der Waals surface area (Å²) in [5.41, 5.74) is 0.280. The van der Waals surface area contributed by atoms with Crippen LogP contribution in [0.2, 0.25) is 0 Å². The maximum Gasteiger partial charge on any atom is 0.275 e. The molecule has 0 saturated carbocycles. The fourth-order valence-corrected chi connectivity index (χ4v) is 1.74. The van der Waals surface area contributed by atoms with Crippen LogP contribution in [0.4, 0.5) is 5.69 Å². The zero-order valence-corrected chi connectivity index (χ0v) is 9.95. The molecule has 96 valence electrons. The van der Waals surface area contributed by atoms with Crippen LogP contribution in [-0.2, 0) is 6.54 Å². The van der Waals surface area contributed by atoms with E-state index in [4.69, 9.17) is 9.68 Å². The monoisotopic (exact) mass is 257 g/mol. The van der Waals surface area contributed by atoms with Crippen LogP contribution < -0.4 is 5.32 Å². The van der Waals surface area contributed by atoms with E-state index in [1.165, 1.54) is 12.3 Å². The van der Waals surface area contributed by atoms with Gasteiger partial charge in [0.2, 0.25) is 0 Å². The fourth-order valence-electron chi connectivity index (χ4n) is 1.74. The van der Waals surface area contributed by atoms with E-state index in [0.29, 0.717) is 17.9 Å². The Morgan fingerprint density at radius 3 is 2.79 bits per heavy atom. The predicted molar refractivity (Wildman–Crippen MR) is 67.0 cm³/mol. The van der Waals surface area contributed by atoms with E-state index in [0.717, 1.165) is 0 Å². The molecule has 1 heterocycles. The number of rotatable bonds is 5. The van der Waals surface area contributed by atoms with E-state index in [1.54, 1.807) is 30.3 Å². The highest BCUT2D eigenvalue weighted by Gasteiger charge is 2.21. The van der Waals surface area contributed by atoms with Crippen LogP contribution >= 0.6 is 0 Å². The van der Waals surface area contributed by atoms with Gasteiger partial charge in [0.15, 0.2) is 0 Å². The van der Waals surface area contributed by atoms with Crippen LogP contribution in [0.3, 0.4) is 0 Å². The van der Waals surface area contributed by atoms with Crippen molar-refractivity contribution in [3.05, 3.63) is 64.1 Å². The normalized spacial score (nSPS) is 11.7. The van der Waals surface area contributed by atoms with Gasteiger partial charge < -0.3 is 4.42 Å². The van der Waals surface area contributed by atoms with E-state index in [2.05, 4.69) is 5.32 Å². The second kappa shape index (κ2) is 5.80. The second-order valence-electron chi connectivity index (χ2n) is 3.84. The lowest BCUT2D eigenvalue weighted by Crippen LogP contribution is -2.20. The molecule has 1 aromatic carbocycles. The zero-order valence-electron chi connectivity index (χ0n) is 9.95. The minimum atomic E-state index is -0.758. The number of para-hydroxylation sites is 1. The molecule has 0 bridgehead atoms. The Bertz CT molecular complexity index is 602. The van der Waals surface area contributed by atoms with Gasteiger partial charge in [0.05, 0.1) is 29.4 Å². The van der Waals surface area contributed by atoms with Gasteiger partial charge >= 0.3 is 0 Å². The molecule has 0 fully saturated rings. The molecule has 1 N–H and O–H groups in total. The highest BCUT2D eigenvalue weighted by molar-refractivity contribution is 5.44. The maximum atomic E-state index is 10.9. The van der Waals surface area contributed by atoms with Crippen LogP contribution in [0.5, 0.6) is 0 Å². The first-order chi connectivity index (χ1) is 9.22. The van der Waals surface area contributed by atoms with E-state index < -0.39 is 11.0 Å². The molecule has 2 rings (SSSR count). The Hall–Kier alpha value is -2.65. The standard InChI is InChI=1S/C13H11N3O3/c14-8-12(15-9-10-4-3-7-19-10)11-5-1-2-6-13(11)16(17)18/h1-7,12,15H,9H2. The van der Waals surface area contributed by atoms with Gasteiger partial charge in [-0.2, -0.15) is 5.26 Å². The Morgan fingerprint density at radius 1 is 1.37 bits per heavy atom. The van der Waals surface area contributed by atoms with Gasteiger partial charge in [-0.3, -0.25) is 15.4 Å². The molecule has 1 atom stereocenters. The van der Waals surface area contributed by atoms with Crippen LogP contribution in [0.15, 0.2) is 47.1 Å². The van der Waals surface area contributed by atoms with E-state index in [9.17, 15) is 10.1 Å². The molecule has 1 unspecified atom stereocenters. The second-order valence-corrected chi connectivity index (χ2v) is 3.84. The number of furan rings is 1. The van der Waals surface area contributed by atoms with Crippen molar-refractivity contribution in [1.29, 1.82) is 5.26 Å². The maximum absolute atomic E-state index is 10.9. The molecule has 0 aliphatic rings. The third-order valence-corrected chi connectivity index (χ3v) is 2.63. The Balaban J connectivity index is 2.18. The molecule has 0 aliphatic carbocycles. The summed E-state index contributed by atoms with van der Waals surface area (Å²) in [6, 6.07) is 11.0. The Kier molecular flexibility index (Phi) is 3.90. The van der Waals surface area contributed by atoms with Gasteiger partial charge in [-0.25, -0.2) is 0 Å². The first-order valence-corrected chi connectivity index (χ1v) is 5.61. The molecule has 0 spiro atoms. The van der Waals surface area contributed by atoms with Crippen molar-refractivity contribution in [2.75, 3.05) is 0 Å². The van der Waals surface area contributed by atoms with E-state index in [1.807, 2.05) is 6.07 Å². The van der Waals surface area contributed by atoms with Crippen molar-refractivity contribution >= 4 is 5.69 Å². The van der Waals surface area contributed by atoms with Gasteiger partial charge in [-0.05, 0) is 18.2 Å². The smallest absolute Gasteiger partial charge is 0.275 e. The van der Waals surface area contributed by atoms with Crippen molar-refractivity contribution in [1.82, 2.24) is 5.32 Å². The molecule has 19 heavy (non-hydrogen) atoms. The zero-order chi connectivity index (χ0) is 13.7. The first-order valence-electron chi connectivity index (χ1n) is 5.61. The van der Waals surface area contributed by atoms with Crippen LogP contribution in [0.25, 0.3) is 0 Å². The summed E-state index contributed by atoms with van der Waals surface area (Å²) < 4.78 is 5.14. The summed E-state index contributed by atoms with van der Waals surface area (Å²) in [5.74, 6) is 0.666. The summed E-state index contributed by atoms with van der Waals surface area (Å²) in [5, 5.41) is 23.0. The number of nitro groups is 1. The SMILES string of the molecule is N#CC(NCc1ccco1)c1ccccc1[N+](=O)[O-]. The number of nitrogens with zero attached hydrogens (tertiary/aromatic N) is 2. The summed E-state index contributed by atoms with van der Waals surface area (Å²) in [7, 11) is 0. The summed E-state index contributed by atoms with van der Waals surface area (Å²) >= 11 is 0. The van der Waals surface area contributed by atoms with Gasteiger partial charge in [0.25, 0.3) is 5.69 Å². The lowest BCUT2D eigenvalue weighted by Gasteiger charge is -2.10. The van der Waals surface area contributed by atoms with Crippen molar-refractivity contribution < 1.29 is 9.34 Å². The van der Waals surface area contributed by atoms with E-state index in [-0.39, 0.29) is 5.69 Å². The van der Waals surface area contributed by atoms with Crippen molar-refractivity contribution in [2.24, 2.45) is 0 Å². The molecule has 1 aromatic heterocycles. The van der Waals surface area contributed by atoms with Crippen molar-refractivity contribution in [3.63, 3.8) is 0 Å². The number of benzene rings is 1. The topological polar surface area (TPSA) is 92.1 Å². The average molecular weight is 257 g/mol. The molecule has 0 saturated heterocycles. The van der Waals surface area contributed by atoms with Crippen LogP contribution in [0.1, 0.15) is 17.4 Å². The third kappa shape index (κ3) is 2.97. The molecule has 0 amide bonds. The number of hydrogen-bond donors (Lipinski definition) is 1. The third-order valence-electron chi connectivity index (χ3n) is 2.63. The lowest BCUT2D eigenvalue weighted by molar-refractivity contribution is -0.385. The number of hydrogen-bond acceptors (Lipinski definition) is 5. The van der Waals surface area contributed by atoms with Gasteiger partial charge in [0.1, 0.15) is 11.8 Å². The summed E-state index contributed by atoms with van der Waals surface area (Å²) in [6.07, 6.45) is 1.53. The Labute approximate surface area is 109 Å². The minimum absolute atomic E-state index is 0.0685. The average Bonchev–Trinajstić information content (AvgIpc) is 2.93. The van der Waals surface area contributed by atoms with Gasteiger partial charge in [-0.1, -0.05) is 12.1 Å². The number of nitro benzene ring substituents is 1. The lowest BCUT2D eigenvalue weighted by atomic mass is 10.1. The summed E-state index contributed by atoms with van der Waals surface area (Å²) in [6.45, 7) is 0.331. The highest BCUT2D eigenvalue weighted by Crippen LogP contribution is 2.24. The Morgan fingerprint density at radius 2 is 2.16 bits per heavy atom. The molecule has 6 nitrogen and oxygen atoms in total. The molecular weight excluding hydrogens is 246 g/mol. The molecular formula is C13H11N3O3. The van der Waals surface area contributed by atoms with Crippen molar-refractivity contribution in [3.8, 4) is 6.07 Å². The van der Waals surface area contributed by atoms with E-state index >= 15 is 0 Å². The highest BCUT2D eigenvalue weighted by atomic mass is 16.6.